The Hall–Kier alpha value is -1.10. The molecule has 0 radical (unpaired) electrons. The zero-order valence-electron chi connectivity index (χ0n) is 11.5. The largest absolute Gasteiger partial charge is 0.354 e. The van der Waals surface area contributed by atoms with E-state index in [1.807, 2.05) is 34.6 Å². The lowest BCUT2D eigenvalue weighted by atomic mass is 10.1. The van der Waals surface area contributed by atoms with Gasteiger partial charge in [-0.05, 0) is 26.7 Å². The highest BCUT2D eigenvalue weighted by Crippen LogP contribution is 1.96. The molecule has 0 unspecified atom stereocenters. The smallest absolute Gasteiger partial charge is 0.239 e. The van der Waals surface area contributed by atoms with Gasteiger partial charge in [0.25, 0.3) is 0 Å². The van der Waals surface area contributed by atoms with E-state index in [4.69, 9.17) is 0 Å². The van der Waals surface area contributed by atoms with Crippen LogP contribution in [0, 0.1) is 5.92 Å². The summed E-state index contributed by atoms with van der Waals surface area (Å²) in [5, 5.41) is 8.35. The van der Waals surface area contributed by atoms with Crippen molar-refractivity contribution in [3.05, 3.63) is 0 Å². The summed E-state index contributed by atoms with van der Waals surface area (Å²) < 4.78 is 0. The van der Waals surface area contributed by atoms with Gasteiger partial charge in [0.1, 0.15) is 0 Å². The van der Waals surface area contributed by atoms with Crippen molar-refractivity contribution in [1.82, 2.24) is 16.0 Å². The van der Waals surface area contributed by atoms with Crippen LogP contribution < -0.4 is 16.0 Å². The third-order valence-corrected chi connectivity index (χ3v) is 1.93. The van der Waals surface area contributed by atoms with Crippen molar-refractivity contribution < 1.29 is 9.59 Å². The molecule has 100 valence electrons. The monoisotopic (exact) mass is 243 g/mol. The summed E-state index contributed by atoms with van der Waals surface area (Å²) in [6, 6.07) is 0. The molecule has 17 heavy (non-hydrogen) atoms. The maximum absolute atomic E-state index is 11.4. The summed E-state index contributed by atoms with van der Waals surface area (Å²) in [6.07, 6.45) is 0. The molecule has 0 aliphatic carbocycles. The van der Waals surface area contributed by atoms with Gasteiger partial charge in [-0.25, -0.2) is 0 Å². The maximum Gasteiger partial charge on any atom is 0.239 e. The van der Waals surface area contributed by atoms with E-state index in [2.05, 4.69) is 16.0 Å². The van der Waals surface area contributed by atoms with Crippen LogP contribution in [0.2, 0.25) is 0 Å². The third kappa shape index (κ3) is 11.2. The van der Waals surface area contributed by atoms with Crippen LogP contribution in [0.3, 0.4) is 0 Å². The first-order chi connectivity index (χ1) is 7.70. The van der Waals surface area contributed by atoms with Crippen LogP contribution in [0.15, 0.2) is 0 Å². The standard InChI is InChI=1S/C12H25N3O2/c1-9(2)6-13-10(16)7-14-11(17)8-15-12(3,4)5/h9,15H,6-8H2,1-5H3,(H,13,16)(H,14,17). The van der Waals surface area contributed by atoms with Crippen molar-refractivity contribution in [3.63, 3.8) is 0 Å². The van der Waals surface area contributed by atoms with E-state index >= 15 is 0 Å². The Morgan fingerprint density at radius 3 is 2.00 bits per heavy atom. The van der Waals surface area contributed by atoms with E-state index in [9.17, 15) is 9.59 Å². The predicted octanol–water partition coefficient (Wildman–Crippen LogP) is 0.263. The van der Waals surface area contributed by atoms with E-state index < -0.39 is 0 Å². The van der Waals surface area contributed by atoms with E-state index in [0.717, 1.165) is 0 Å². The van der Waals surface area contributed by atoms with Crippen LogP contribution in [-0.4, -0.2) is 37.0 Å². The number of amides is 2. The van der Waals surface area contributed by atoms with Crippen LogP contribution in [0.1, 0.15) is 34.6 Å². The van der Waals surface area contributed by atoms with Gasteiger partial charge >= 0.3 is 0 Å². The summed E-state index contributed by atoms with van der Waals surface area (Å²) in [4.78, 5) is 22.7. The molecule has 0 aromatic carbocycles. The van der Waals surface area contributed by atoms with Crippen LogP contribution in [-0.2, 0) is 9.59 Å². The first-order valence-electron chi connectivity index (χ1n) is 5.99. The molecule has 5 heteroatoms. The normalized spacial score (nSPS) is 11.4. The molecule has 0 rings (SSSR count). The zero-order chi connectivity index (χ0) is 13.5. The Morgan fingerprint density at radius 2 is 1.53 bits per heavy atom. The van der Waals surface area contributed by atoms with E-state index in [-0.39, 0.29) is 30.4 Å². The van der Waals surface area contributed by atoms with Crippen molar-refractivity contribution in [2.24, 2.45) is 5.92 Å². The average molecular weight is 243 g/mol. The van der Waals surface area contributed by atoms with Crippen molar-refractivity contribution in [2.75, 3.05) is 19.6 Å². The van der Waals surface area contributed by atoms with Gasteiger partial charge in [0.05, 0.1) is 13.1 Å². The second-order valence-corrected chi connectivity index (χ2v) is 5.58. The number of nitrogens with one attached hydrogen (secondary N) is 3. The Kier molecular flexibility index (Phi) is 6.80. The summed E-state index contributed by atoms with van der Waals surface area (Å²) >= 11 is 0. The number of carbonyl (C=O) groups excluding carboxylic acids is 2. The van der Waals surface area contributed by atoms with Crippen molar-refractivity contribution in [2.45, 2.75) is 40.2 Å². The van der Waals surface area contributed by atoms with Gasteiger partial charge in [0.2, 0.25) is 11.8 Å². The minimum Gasteiger partial charge on any atom is -0.354 e. The van der Waals surface area contributed by atoms with Gasteiger partial charge < -0.3 is 16.0 Å². The zero-order valence-corrected chi connectivity index (χ0v) is 11.5. The van der Waals surface area contributed by atoms with Gasteiger partial charge in [-0.2, -0.15) is 0 Å². The van der Waals surface area contributed by atoms with Crippen molar-refractivity contribution in [3.8, 4) is 0 Å². The van der Waals surface area contributed by atoms with Gasteiger partial charge in [0, 0.05) is 12.1 Å². The Labute approximate surface area is 104 Å². The molecule has 0 saturated carbocycles. The molecule has 2 amide bonds. The number of hydrogen-bond donors (Lipinski definition) is 3. The maximum atomic E-state index is 11.4. The number of rotatable bonds is 6. The molecule has 3 N–H and O–H groups in total. The second kappa shape index (κ2) is 7.27. The Morgan fingerprint density at radius 1 is 1.00 bits per heavy atom. The molecule has 0 saturated heterocycles. The number of hydrogen-bond acceptors (Lipinski definition) is 3. The molecule has 0 aromatic heterocycles. The van der Waals surface area contributed by atoms with Crippen LogP contribution in [0.25, 0.3) is 0 Å². The van der Waals surface area contributed by atoms with Crippen LogP contribution in [0.5, 0.6) is 0 Å². The molecule has 0 heterocycles. The van der Waals surface area contributed by atoms with E-state index in [1.54, 1.807) is 0 Å². The van der Waals surface area contributed by atoms with Gasteiger partial charge in [-0.3, -0.25) is 9.59 Å². The molecule has 0 aliphatic heterocycles. The average Bonchev–Trinajstić information content (AvgIpc) is 2.19. The molecule has 0 bridgehead atoms. The SMILES string of the molecule is CC(C)CNC(=O)CNC(=O)CNC(C)(C)C. The van der Waals surface area contributed by atoms with Gasteiger partial charge in [-0.15, -0.1) is 0 Å². The molecule has 0 fully saturated rings. The predicted molar refractivity (Wildman–Crippen MR) is 68.6 cm³/mol. The molecule has 5 nitrogen and oxygen atoms in total. The Balaban J connectivity index is 3.66. The lowest BCUT2D eigenvalue weighted by molar-refractivity contribution is -0.125. The van der Waals surface area contributed by atoms with Crippen LogP contribution >= 0.6 is 0 Å². The van der Waals surface area contributed by atoms with Crippen molar-refractivity contribution in [1.29, 1.82) is 0 Å². The fourth-order valence-electron chi connectivity index (χ4n) is 0.967. The van der Waals surface area contributed by atoms with Gasteiger partial charge in [0.15, 0.2) is 0 Å². The quantitative estimate of drug-likeness (QED) is 0.627. The molecule has 0 aromatic rings. The highest BCUT2D eigenvalue weighted by atomic mass is 16.2. The highest BCUT2D eigenvalue weighted by Gasteiger charge is 2.11. The molecule has 0 atom stereocenters. The lowest BCUT2D eigenvalue weighted by Crippen LogP contribution is -2.45. The second-order valence-electron chi connectivity index (χ2n) is 5.58. The number of carbonyl (C=O) groups is 2. The third-order valence-electron chi connectivity index (χ3n) is 1.93. The minimum absolute atomic E-state index is 0.0391. The highest BCUT2D eigenvalue weighted by molar-refractivity contribution is 5.85. The molecular weight excluding hydrogens is 218 g/mol. The van der Waals surface area contributed by atoms with Gasteiger partial charge in [-0.1, -0.05) is 13.8 Å². The fourth-order valence-corrected chi connectivity index (χ4v) is 0.967. The topological polar surface area (TPSA) is 70.2 Å². The Bertz CT molecular complexity index is 257. The van der Waals surface area contributed by atoms with E-state index in [0.29, 0.717) is 12.5 Å². The summed E-state index contributed by atoms with van der Waals surface area (Å²) in [5.41, 5.74) is -0.1000. The first-order valence-corrected chi connectivity index (χ1v) is 5.99. The molecule has 0 spiro atoms. The molecular formula is C12H25N3O2. The molecule has 0 aliphatic rings. The van der Waals surface area contributed by atoms with Crippen LogP contribution in [0.4, 0.5) is 0 Å². The fraction of sp³-hybridized carbons (Fsp3) is 0.833. The summed E-state index contributed by atoms with van der Waals surface area (Å²) in [7, 11) is 0. The minimum atomic E-state index is -0.167. The van der Waals surface area contributed by atoms with Crippen molar-refractivity contribution >= 4 is 11.8 Å². The summed E-state index contributed by atoms with van der Waals surface area (Å²) in [6.45, 7) is 10.9. The summed E-state index contributed by atoms with van der Waals surface area (Å²) in [5.74, 6) is 0.0969. The lowest BCUT2D eigenvalue weighted by Gasteiger charge is -2.19. The van der Waals surface area contributed by atoms with E-state index in [1.165, 1.54) is 0 Å². The first kappa shape index (κ1) is 15.9.